The molecule has 0 unspecified atom stereocenters. The second kappa shape index (κ2) is 5.13. The molecular weight excluding hydrogens is 282 g/mol. The third-order valence-corrected chi connectivity index (χ3v) is 3.38. The molecule has 0 aliphatic carbocycles. The van der Waals surface area contributed by atoms with Gasteiger partial charge in [-0.15, -0.1) is 0 Å². The van der Waals surface area contributed by atoms with E-state index in [-0.39, 0.29) is 5.69 Å². The van der Waals surface area contributed by atoms with E-state index in [1.807, 2.05) is 12.1 Å². The predicted octanol–water partition coefficient (Wildman–Crippen LogP) is 4.71. The van der Waals surface area contributed by atoms with Crippen molar-refractivity contribution in [3.8, 4) is 0 Å². The van der Waals surface area contributed by atoms with Crippen molar-refractivity contribution in [3.05, 3.63) is 64.8 Å². The number of anilines is 1. The molecule has 0 saturated carbocycles. The van der Waals surface area contributed by atoms with Crippen molar-refractivity contribution < 1.29 is 8.78 Å². The van der Waals surface area contributed by atoms with Crippen LogP contribution in [0.1, 0.15) is 5.56 Å². The van der Waals surface area contributed by atoms with Gasteiger partial charge in [0.15, 0.2) is 0 Å². The summed E-state index contributed by atoms with van der Waals surface area (Å²) < 4.78 is 27.0. The van der Waals surface area contributed by atoms with E-state index in [0.717, 1.165) is 16.5 Å². The normalized spacial score (nSPS) is 10.9. The van der Waals surface area contributed by atoms with Gasteiger partial charge in [-0.25, -0.2) is 8.78 Å². The zero-order chi connectivity index (χ0) is 14.1. The summed E-state index contributed by atoms with van der Waals surface area (Å²) in [4.78, 5) is 3.08. The molecule has 1 heterocycles. The Morgan fingerprint density at radius 2 is 1.85 bits per heavy atom. The van der Waals surface area contributed by atoms with E-state index in [4.69, 9.17) is 11.6 Å². The minimum Gasteiger partial charge on any atom is -0.376 e. The molecule has 20 heavy (non-hydrogen) atoms. The molecule has 0 radical (unpaired) electrons. The van der Waals surface area contributed by atoms with Crippen LogP contribution in [0.2, 0.25) is 5.02 Å². The molecule has 3 aromatic rings. The summed E-state index contributed by atoms with van der Waals surface area (Å²) in [5, 5.41) is 4.40. The summed E-state index contributed by atoms with van der Waals surface area (Å²) in [6.45, 7) is 0.319. The highest BCUT2D eigenvalue weighted by Crippen LogP contribution is 2.24. The third kappa shape index (κ3) is 2.34. The van der Waals surface area contributed by atoms with E-state index >= 15 is 0 Å². The summed E-state index contributed by atoms with van der Waals surface area (Å²) in [5.41, 5.74) is 1.69. The Morgan fingerprint density at radius 1 is 1.10 bits per heavy atom. The zero-order valence-corrected chi connectivity index (χ0v) is 11.1. The first-order valence-corrected chi connectivity index (χ1v) is 6.46. The smallest absolute Gasteiger partial charge is 0.149 e. The number of nitrogens with one attached hydrogen (secondary N) is 2. The quantitative estimate of drug-likeness (QED) is 0.719. The van der Waals surface area contributed by atoms with Gasteiger partial charge in [0.25, 0.3) is 0 Å². The van der Waals surface area contributed by atoms with Crippen LogP contribution < -0.4 is 5.32 Å². The highest BCUT2D eigenvalue weighted by Gasteiger charge is 2.09. The van der Waals surface area contributed by atoms with Crippen LogP contribution in [0.4, 0.5) is 14.5 Å². The van der Waals surface area contributed by atoms with Crippen molar-refractivity contribution in [2.75, 3.05) is 5.32 Å². The van der Waals surface area contributed by atoms with Crippen molar-refractivity contribution in [3.63, 3.8) is 0 Å². The number of rotatable bonds is 3. The molecule has 0 fully saturated rings. The van der Waals surface area contributed by atoms with E-state index < -0.39 is 11.6 Å². The number of benzene rings is 2. The summed E-state index contributed by atoms with van der Waals surface area (Å²) >= 11 is 5.91. The molecule has 2 aromatic carbocycles. The average Bonchev–Trinajstić information content (AvgIpc) is 2.80. The van der Waals surface area contributed by atoms with Crippen molar-refractivity contribution in [1.82, 2.24) is 4.98 Å². The maximum absolute atomic E-state index is 13.5. The summed E-state index contributed by atoms with van der Waals surface area (Å²) in [6, 6.07) is 9.25. The van der Waals surface area contributed by atoms with Crippen LogP contribution in [0, 0.1) is 11.6 Å². The Hall–Kier alpha value is -2.07. The van der Waals surface area contributed by atoms with Gasteiger partial charge < -0.3 is 10.3 Å². The molecule has 1 aromatic heterocycles. The van der Waals surface area contributed by atoms with Gasteiger partial charge in [0.1, 0.15) is 17.3 Å². The molecule has 0 aliphatic rings. The number of aromatic nitrogens is 1. The predicted molar refractivity (Wildman–Crippen MR) is 77.0 cm³/mol. The first-order valence-electron chi connectivity index (χ1n) is 6.08. The second-order valence-electron chi connectivity index (χ2n) is 4.45. The number of aromatic amines is 1. The van der Waals surface area contributed by atoms with Crippen LogP contribution in [0.15, 0.2) is 42.6 Å². The van der Waals surface area contributed by atoms with Gasteiger partial charge in [-0.2, -0.15) is 0 Å². The summed E-state index contributed by atoms with van der Waals surface area (Å²) in [6.07, 6.45) is 1.80. The number of halogens is 3. The van der Waals surface area contributed by atoms with Crippen LogP contribution in [-0.2, 0) is 6.54 Å². The van der Waals surface area contributed by atoms with E-state index in [0.29, 0.717) is 11.6 Å². The Morgan fingerprint density at radius 3 is 2.60 bits per heavy atom. The molecule has 2 nitrogen and oxygen atoms in total. The van der Waals surface area contributed by atoms with Gasteiger partial charge in [0.05, 0.1) is 0 Å². The summed E-state index contributed by atoms with van der Waals surface area (Å²) in [7, 11) is 0. The molecule has 3 rings (SSSR count). The SMILES string of the molecule is Fc1cccc(F)c1NCc1c[nH]c2cc(Cl)ccc12. The van der Waals surface area contributed by atoms with Crippen molar-refractivity contribution in [2.24, 2.45) is 0 Å². The first-order chi connectivity index (χ1) is 9.65. The van der Waals surface area contributed by atoms with Gasteiger partial charge in [0, 0.05) is 28.7 Å². The lowest BCUT2D eigenvalue weighted by molar-refractivity contribution is 0.588. The van der Waals surface area contributed by atoms with Gasteiger partial charge in [-0.1, -0.05) is 23.7 Å². The first kappa shape index (κ1) is 12.9. The Labute approximate surface area is 119 Å². The van der Waals surface area contributed by atoms with E-state index in [1.54, 1.807) is 12.3 Å². The molecule has 0 spiro atoms. The van der Waals surface area contributed by atoms with Crippen molar-refractivity contribution in [1.29, 1.82) is 0 Å². The molecule has 0 atom stereocenters. The van der Waals surface area contributed by atoms with Gasteiger partial charge in [0.2, 0.25) is 0 Å². The maximum Gasteiger partial charge on any atom is 0.149 e. The fourth-order valence-corrected chi connectivity index (χ4v) is 2.33. The highest BCUT2D eigenvalue weighted by molar-refractivity contribution is 6.31. The second-order valence-corrected chi connectivity index (χ2v) is 4.89. The van der Waals surface area contributed by atoms with Crippen LogP contribution in [-0.4, -0.2) is 4.98 Å². The lowest BCUT2D eigenvalue weighted by Crippen LogP contribution is -2.03. The van der Waals surface area contributed by atoms with E-state index in [1.165, 1.54) is 18.2 Å². The van der Waals surface area contributed by atoms with Crippen LogP contribution >= 0.6 is 11.6 Å². The number of H-pyrrole nitrogens is 1. The largest absolute Gasteiger partial charge is 0.376 e. The topological polar surface area (TPSA) is 27.8 Å². The van der Waals surface area contributed by atoms with Crippen LogP contribution in [0.3, 0.4) is 0 Å². The van der Waals surface area contributed by atoms with Gasteiger partial charge in [-0.3, -0.25) is 0 Å². The van der Waals surface area contributed by atoms with E-state index in [9.17, 15) is 8.78 Å². The molecule has 102 valence electrons. The third-order valence-electron chi connectivity index (χ3n) is 3.15. The van der Waals surface area contributed by atoms with E-state index in [2.05, 4.69) is 10.3 Å². The highest BCUT2D eigenvalue weighted by atomic mass is 35.5. The number of hydrogen-bond acceptors (Lipinski definition) is 1. The fraction of sp³-hybridized carbons (Fsp3) is 0.0667. The lowest BCUT2D eigenvalue weighted by atomic mass is 10.1. The average molecular weight is 293 g/mol. The lowest BCUT2D eigenvalue weighted by Gasteiger charge is -2.08. The summed E-state index contributed by atoms with van der Waals surface area (Å²) in [5.74, 6) is -1.21. The Balaban J connectivity index is 1.87. The van der Waals surface area contributed by atoms with Gasteiger partial charge in [-0.05, 0) is 29.8 Å². The van der Waals surface area contributed by atoms with Crippen LogP contribution in [0.5, 0.6) is 0 Å². The molecule has 0 amide bonds. The van der Waals surface area contributed by atoms with Crippen LogP contribution in [0.25, 0.3) is 10.9 Å². The molecule has 0 bridgehead atoms. The molecule has 0 aliphatic heterocycles. The monoisotopic (exact) mass is 292 g/mol. The molecule has 0 saturated heterocycles. The number of hydrogen-bond donors (Lipinski definition) is 2. The minimum absolute atomic E-state index is 0.115. The van der Waals surface area contributed by atoms with Crippen molar-refractivity contribution in [2.45, 2.75) is 6.54 Å². The minimum atomic E-state index is -0.604. The van der Waals surface area contributed by atoms with Crippen molar-refractivity contribution >= 4 is 28.2 Å². The number of fused-ring (bicyclic) bond motifs is 1. The molecular formula is C15H11ClF2N2. The molecule has 2 N–H and O–H groups in total. The number of para-hydroxylation sites is 1. The Kier molecular flexibility index (Phi) is 3.32. The Bertz CT molecular complexity index is 747. The molecule has 5 heteroatoms. The van der Waals surface area contributed by atoms with Gasteiger partial charge >= 0.3 is 0 Å². The fourth-order valence-electron chi connectivity index (χ4n) is 2.16. The zero-order valence-electron chi connectivity index (χ0n) is 10.4. The standard InChI is InChI=1S/C15H11ClF2N2/c16-10-4-5-11-9(7-19-14(11)6-10)8-20-15-12(17)2-1-3-13(15)18/h1-7,19-20H,8H2. The maximum atomic E-state index is 13.5.